The molecule has 1 fully saturated rings. The average molecular weight is 216 g/mol. The third-order valence-corrected chi connectivity index (χ3v) is 2.79. The van der Waals surface area contributed by atoms with E-state index in [4.69, 9.17) is 14.2 Å². The minimum Gasteiger partial charge on any atom is -0.382 e. The molecule has 0 aromatic carbocycles. The first-order chi connectivity index (χ1) is 7.07. The monoisotopic (exact) mass is 216 g/mol. The molecule has 0 spiro atoms. The van der Waals surface area contributed by atoms with Crippen molar-refractivity contribution >= 4 is 0 Å². The van der Waals surface area contributed by atoms with Gasteiger partial charge in [-0.05, 0) is 13.3 Å². The zero-order valence-electron chi connectivity index (χ0n) is 10.4. The van der Waals surface area contributed by atoms with Gasteiger partial charge in [0, 0.05) is 24.5 Å². The molecule has 1 aliphatic rings. The molecular weight excluding hydrogens is 192 g/mol. The lowest BCUT2D eigenvalue weighted by molar-refractivity contribution is -0.244. The predicted molar refractivity (Wildman–Crippen MR) is 59.7 cm³/mol. The lowest BCUT2D eigenvalue weighted by Crippen LogP contribution is -2.42. The Hall–Kier alpha value is -0.120. The zero-order chi connectivity index (χ0) is 11.3. The average Bonchev–Trinajstić information content (AvgIpc) is 2.18. The van der Waals surface area contributed by atoms with E-state index in [9.17, 15) is 0 Å². The largest absolute Gasteiger partial charge is 0.382 e. The van der Waals surface area contributed by atoms with Crippen LogP contribution in [0.4, 0.5) is 0 Å². The lowest BCUT2D eigenvalue weighted by Gasteiger charge is -2.38. The first kappa shape index (κ1) is 12.9. The van der Waals surface area contributed by atoms with Gasteiger partial charge in [-0.2, -0.15) is 0 Å². The Labute approximate surface area is 93.1 Å². The number of hydrogen-bond donors (Lipinski definition) is 0. The van der Waals surface area contributed by atoms with Crippen LogP contribution in [-0.4, -0.2) is 32.7 Å². The fraction of sp³-hybridized carbons (Fsp3) is 1.00. The van der Waals surface area contributed by atoms with Crippen LogP contribution in [-0.2, 0) is 14.2 Å². The summed E-state index contributed by atoms with van der Waals surface area (Å²) in [5.74, 6) is 0.432. The Kier molecular flexibility index (Phi) is 5.03. The predicted octanol–water partition coefficient (Wildman–Crippen LogP) is 2.45. The molecule has 0 aromatic heterocycles. The van der Waals surface area contributed by atoms with Gasteiger partial charge in [0.05, 0.1) is 13.2 Å². The minimum absolute atomic E-state index is 0.0230. The summed E-state index contributed by atoms with van der Waals surface area (Å²) in [6.45, 7) is 11.6. The van der Waals surface area contributed by atoms with E-state index < -0.39 is 0 Å². The molecule has 15 heavy (non-hydrogen) atoms. The molecule has 3 heteroatoms. The summed E-state index contributed by atoms with van der Waals surface area (Å²) >= 11 is 0. The quantitative estimate of drug-likeness (QED) is 0.661. The second-order valence-electron chi connectivity index (χ2n) is 4.99. The highest BCUT2D eigenvalue weighted by Crippen LogP contribution is 2.29. The van der Waals surface area contributed by atoms with Crippen molar-refractivity contribution in [3.05, 3.63) is 0 Å². The molecule has 0 radical (unpaired) electrons. The van der Waals surface area contributed by atoms with Crippen molar-refractivity contribution in [3.63, 3.8) is 0 Å². The highest BCUT2D eigenvalue weighted by atomic mass is 16.7. The van der Waals surface area contributed by atoms with E-state index in [0.717, 1.165) is 32.8 Å². The summed E-state index contributed by atoms with van der Waals surface area (Å²) in [5, 5.41) is 0. The summed E-state index contributed by atoms with van der Waals surface area (Å²) in [6, 6.07) is 0. The van der Waals surface area contributed by atoms with Gasteiger partial charge in [-0.3, -0.25) is 0 Å². The molecule has 1 heterocycles. The second kappa shape index (κ2) is 5.83. The molecule has 0 aliphatic carbocycles. The molecule has 0 N–H and O–H groups in total. The van der Waals surface area contributed by atoms with Gasteiger partial charge >= 0.3 is 0 Å². The van der Waals surface area contributed by atoms with Crippen molar-refractivity contribution in [1.82, 2.24) is 0 Å². The van der Waals surface area contributed by atoms with Crippen molar-refractivity contribution in [1.29, 1.82) is 0 Å². The lowest BCUT2D eigenvalue weighted by atomic mass is 9.88. The molecule has 90 valence electrons. The third-order valence-electron chi connectivity index (χ3n) is 2.79. The number of rotatable bonds is 5. The molecule has 1 saturated heterocycles. The maximum atomic E-state index is 5.71. The molecule has 0 amide bonds. The van der Waals surface area contributed by atoms with Crippen molar-refractivity contribution in [3.8, 4) is 0 Å². The molecule has 0 bridgehead atoms. The van der Waals surface area contributed by atoms with Crippen LogP contribution in [0.25, 0.3) is 0 Å². The number of ether oxygens (including phenoxy) is 3. The molecule has 0 unspecified atom stereocenters. The van der Waals surface area contributed by atoms with Crippen LogP contribution in [0.1, 0.15) is 34.1 Å². The van der Waals surface area contributed by atoms with Crippen molar-refractivity contribution in [2.24, 2.45) is 11.3 Å². The zero-order valence-corrected chi connectivity index (χ0v) is 10.4. The van der Waals surface area contributed by atoms with Crippen molar-refractivity contribution in [2.45, 2.75) is 40.4 Å². The Morgan fingerprint density at radius 3 is 2.40 bits per heavy atom. The molecule has 0 atom stereocenters. The third kappa shape index (κ3) is 4.09. The second-order valence-corrected chi connectivity index (χ2v) is 4.99. The van der Waals surface area contributed by atoms with Crippen molar-refractivity contribution in [2.75, 3.05) is 26.4 Å². The Morgan fingerprint density at radius 1 is 1.33 bits per heavy atom. The first-order valence-corrected chi connectivity index (χ1v) is 5.88. The summed E-state index contributed by atoms with van der Waals surface area (Å²) in [4.78, 5) is 0. The highest BCUT2D eigenvalue weighted by Gasteiger charge is 2.33. The fourth-order valence-corrected chi connectivity index (χ4v) is 1.65. The van der Waals surface area contributed by atoms with Crippen LogP contribution >= 0.6 is 0 Å². The maximum absolute atomic E-state index is 5.71. The molecule has 3 nitrogen and oxygen atoms in total. The van der Waals surface area contributed by atoms with Gasteiger partial charge < -0.3 is 14.2 Å². The minimum atomic E-state index is -0.0230. The summed E-state index contributed by atoms with van der Waals surface area (Å²) < 4.78 is 16.8. The SMILES string of the molecule is CCOCCC1(C)COC(C(C)C)OC1. The molecule has 0 saturated carbocycles. The molecule has 1 aliphatic heterocycles. The van der Waals surface area contributed by atoms with E-state index in [0.29, 0.717) is 5.92 Å². The van der Waals surface area contributed by atoms with Gasteiger partial charge in [-0.15, -0.1) is 0 Å². The maximum Gasteiger partial charge on any atom is 0.159 e. The fourth-order valence-electron chi connectivity index (χ4n) is 1.65. The van der Waals surface area contributed by atoms with Crippen LogP contribution in [0.2, 0.25) is 0 Å². The van der Waals surface area contributed by atoms with Gasteiger partial charge in [0.1, 0.15) is 0 Å². The van der Waals surface area contributed by atoms with Gasteiger partial charge in [0.25, 0.3) is 0 Å². The van der Waals surface area contributed by atoms with Gasteiger partial charge in [0.15, 0.2) is 6.29 Å². The molecular formula is C12H24O3. The van der Waals surface area contributed by atoms with Crippen LogP contribution in [0.15, 0.2) is 0 Å². The Bertz CT molecular complexity index is 172. The van der Waals surface area contributed by atoms with E-state index in [1.165, 1.54) is 0 Å². The normalized spacial score (nSPS) is 32.2. The van der Waals surface area contributed by atoms with E-state index in [1.54, 1.807) is 0 Å². The van der Waals surface area contributed by atoms with Gasteiger partial charge in [-0.1, -0.05) is 20.8 Å². The van der Waals surface area contributed by atoms with Crippen LogP contribution < -0.4 is 0 Å². The van der Waals surface area contributed by atoms with Crippen LogP contribution in [0, 0.1) is 11.3 Å². The summed E-state index contributed by atoms with van der Waals surface area (Å²) in [7, 11) is 0. The first-order valence-electron chi connectivity index (χ1n) is 5.88. The van der Waals surface area contributed by atoms with E-state index >= 15 is 0 Å². The summed E-state index contributed by atoms with van der Waals surface area (Å²) in [6.07, 6.45) is 0.983. The van der Waals surface area contributed by atoms with Crippen LogP contribution in [0.5, 0.6) is 0 Å². The molecule has 0 aromatic rings. The Morgan fingerprint density at radius 2 is 1.93 bits per heavy atom. The summed E-state index contributed by atoms with van der Waals surface area (Å²) in [5.41, 5.74) is 0.126. The Balaban J connectivity index is 2.27. The number of hydrogen-bond acceptors (Lipinski definition) is 3. The van der Waals surface area contributed by atoms with E-state index in [-0.39, 0.29) is 11.7 Å². The van der Waals surface area contributed by atoms with Crippen LogP contribution in [0.3, 0.4) is 0 Å². The molecule has 1 rings (SSSR count). The van der Waals surface area contributed by atoms with Gasteiger partial charge in [-0.25, -0.2) is 0 Å². The van der Waals surface area contributed by atoms with E-state index in [1.807, 2.05) is 6.92 Å². The topological polar surface area (TPSA) is 27.7 Å². The van der Waals surface area contributed by atoms with Crippen molar-refractivity contribution < 1.29 is 14.2 Å². The van der Waals surface area contributed by atoms with E-state index in [2.05, 4.69) is 20.8 Å². The smallest absolute Gasteiger partial charge is 0.159 e. The van der Waals surface area contributed by atoms with Gasteiger partial charge in [0.2, 0.25) is 0 Å². The standard InChI is InChI=1S/C12H24O3/c1-5-13-7-6-12(4)8-14-11(10(2)3)15-9-12/h10-11H,5-9H2,1-4H3. The highest BCUT2D eigenvalue weighted by molar-refractivity contribution is 4.77.